The van der Waals surface area contributed by atoms with Crippen LogP contribution < -0.4 is 11.1 Å². The molecule has 3 nitrogen and oxygen atoms in total. The van der Waals surface area contributed by atoms with Crippen LogP contribution in [0.4, 0.5) is 0 Å². The van der Waals surface area contributed by atoms with Crippen LogP contribution in [0.5, 0.6) is 0 Å². The molecule has 0 radical (unpaired) electrons. The van der Waals surface area contributed by atoms with Gasteiger partial charge < -0.3 is 11.1 Å². The van der Waals surface area contributed by atoms with Gasteiger partial charge in [-0.25, -0.2) is 0 Å². The molecule has 1 amide bonds. The number of hydrogen-bond donors (Lipinski definition) is 2. The molecule has 1 aromatic rings. The van der Waals surface area contributed by atoms with Gasteiger partial charge >= 0.3 is 0 Å². The number of allylic oxidation sites excluding steroid dienone is 2. The highest BCUT2D eigenvalue weighted by molar-refractivity contribution is 5.97. The summed E-state index contributed by atoms with van der Waals surface area (Å²) < 4.78 is 0. The zero-order valence-electron chi connectivity index (χ0n) is 11.3. The maximum atomic E-state index is 11.5. The predicted octanol–water partition coefficient (Wildman–Crippen LogP) is 2.21. The van der Waals surface area contributed by atoms with Crippen LogP contribution in [-0.2, 0) is 6.42 Å². The maximum absolute atomic E-state index is 11.5. The van der Waals surface area contributed by atoms with Gasteiger partial charge in [0.25, 0.3) is 0 Å². The molecule has 100 valence electrons. The molecular weight excluding hydrogens is 236 g/mol. The van der Waals surface area contributed by atoms with Crippen molar-refractivity contribution in [2.24, 2.45) is 5.73 Å². The quantitative estimate of drug-likeness (QED) is 0.852. The average molecular weight is 256 g/mol. The number of hydrogen-bond acceptors (Lipinski definition) is 2. The van der Waals surface area contributed by atoms with E-state index >= 15 is 0 Å². The third-order valence-corrected chi connectivity index (χ3v) is 4.35. The number of nitrogens with one attached hydrogen (secondary N) is 1. The van der Waals surface area contributed by atoms with Gasteiger partial charge in [-0.2, -0.15) is 0 Å². The summed E-state index contributed by atoms with van der Waals surface area (Å²) in [5, 5.41) is 3.47. The Morgan fingerprint density at radius 2 is 2.26 bits per heavy atom. The first-order valence-corrected chi connectivity index (χ1v) is 7.02. The lowest BCUT2D eigenvalue weighted by atomic mass is 9.84. The number of rotatable bonds is 2. The number of piperidine rings is 1. The van der Waals surface area contributed by atoms with Gasteiger partial charge in [0.1, 0.15) is 0 Å². The normalized spacial score (nSPS) is 21.9. The molecule has 1 aromatic carbocycles. The number of fused-ring (bicyclic) bond motifs is 1. The van der Waals surface area contributed by atoms with E-state index in [9.17, 15) is 4.79 Å². The van der Waals surface area contributed by atoms with Crippen LogP contribution in [0, 0.1) is 0 Å². The first-order chi connectivity index (χ1) is 9.18. The standard InChI is InChI=1S/C16H20N2O/c1-10-4-5-13-14(16(17)19)7-6-12(15(10)13)11-3-2-8-18-9-11/h4,6-7,11,18H,2-3,5,8-9H2,1H3,(H2,17,19). The number of primary amides is 1. The van der Waals surface area contributed by atoms with Crippen molar-refractivity contribution in [1.82, 2.24) is 5.32 Å². The minimum Gasteiger partial charge on any atom is -0.366 e. The monoisotopic (exact) mass is 256 g/mol. The lowest BCUT2D eigenvalue weighted by molar-refractivity contribution is 0.0999. The van der Waals surface area contributed by atoms with Crippen molar-refractivity contribution in [3.63, 3.8) is 0 Å². The van der Waals surface area contributed by atoms with Gasteiger partial charge in [-0.05, 0) is 67.0 Å². The van der Waals surface area contributed by atoms with Crippen molar-refractivity contribution >= 4 is 11.5 Å². The van der Waals surface area contributed by atoms with Crippen molar-refractivity contribution < 1.29 is 4.79 Å². The van der Waals surface area contributed by atoms with E-state index in [1.54, 1.807) is 0 Å². The van der Waals surface area contributed by atoms with Gasteiger partial charge in [-0.1, -0.05) is 12.1 Å². The zero-order valence-corrected chi connectivity index (χ0v) is 11.3. The topological polar surface area (TPSA) is 55.1 Å². The molecule has 1 heterocycles. The maximum Gasteiger partial charge on any atom is 0.249 e. The summed E-state index contributed by atoms with van der Waals surface area (Å²) in [6.07, 6.45) is 5.49. The summed E-state index contributed by atoms with van der Waals surface area (Å²) in [5.41, 5.74) is 11.3. The summed E-state index contributed by atoms with van der Waals surface area (Å²) in [6, 6.07) is 4.02. The number of carbonyl (C=O) groups is 1. The molecular formula is C16H20N2O. The molecule has 1 aliphatic carbocycles. The molecule has 1 saturated heterocycles. The molecule has 2 aliphatic rings. The van der Waals surface area contributed by atoms with Crippen LogP contribution in [0.15, 0.2) is 18.2 Å². The largest absolute Gasteiger partial charge is 0.366 e. The zero-order chi connectivity index (χ0) is 13.4. The Bertz CT molecular complexity index is 554. The highest BCUT2D eigenvalue weighted by atomic mass is 16.1. The van der Waals surface area contributed by atoms with E-state index in [1.165, 1.54) is 29.5 Å². The summed E-state index contributed by atoms with van der Waals surface area (Å²) in [7, 11) is 0. The molecule has 1 unspecified atom stereocenters. The van der Waals surface area contributed by atoms with Crippen molar-refractivity contribution in [3.05, 3.63) is 40.5 Å². The Labute approximate surface area is 113 Å². The van der Waals surface area contributed by atoms with Gasteiger partial charge in [0, 0.05) is 12.1 Å². The van der Waals surface area contributed by atoms with Gasteiger partial charge in [-0.15, -0.1) is 0 Å². The minimum absolute atomic E-state index is 0.312. The summed E-state index contributed by atoms with van der Waals surface area (Å²) in [5.74, 6) is 0.249. The van der Waals surface area contributed by atoms with Gasteiger partial charge in [0.2, 0.25) is 5.91 Å². The molecule has 0 aromatic heterocycles. The van der Waals surface area contributed by atoms with Gasteiger partial charge in [0.15, 0.2) is 0 Å². The van der Waals surface area contributed by atoms with Gasteiger partial charge in [-0.3, -0.25) is 4.79 Å². The summed E-state index contributed by atoms with van der Waals surface area (Å²) in [4.78, 5) is 11.5. The molecule has 0 bridgehead atoms. The number of carbonyl (C=O) groups excluding carboxylic acids is 1. The van der Waals surface area contributed by atoms with E-state index in [1.807, 2.05) is 6.07 Å². The van der Waals surface area contributed by atoms with E-state index < -0.39 is 0 Å². The third-order valence-electron chi connectivity index (χ3n) is 4.35. The van der Waals surface area contributed by atoms with E-state index in [0.29, 0.717) is 11.5 Å². The molecule has 19 heavy (non-hydrogen) atoms. The molecule has 0 spiro atoms. The molecule has 3 N–H and O–H groups in total. The highest BCUT2D eigenvalue weighted by Crippen LogP contribution is 2.37. The number of benzene rings is 1. The van der Waals surface area contributed by atoms with Crippen LogP contribution >= 0.6 is 0 Å². The van der Waals surface area contributed by atoms with E-state index in [4.69, 9.17) is 5.73 Å². The average Bonchev–Trinajstić information content (AvgIpc) is 2.81. The second-order valence-corrected chi connectivity index (χ2v) is 5.55. The van der Waals surface area contributed by atoms with E-state index in [0.717, 1.165) is 25.1 Å². The second-order valence-electron chi connectivity index (χ2n) is 5.55. The first kappa shape index (κ1) is 12.4. The summed E-state index contributed by atoms with van der Waals surface area (Å²) in [6.45, 7) is 4.29. The van der Waals surface area contributed by atoms with Crippen LogP contribution in [0.3, 0.4) is 0 Å². The predicted molar refractivity (Wildman–Crippen MR) is 77.2 cm³/mol. The van der Waals surface area contributed by atoms with Crippen molar-refractivity contribution in [3.8, 4) is 0 Å². The molecule has 1 fully saturated rings. The van der Waals surface area contributed by atoms with Crippen molar-refractivity contribution in [2.45, 2.75) is 32.1 Å². The lowest BCUT2D eigenvalue weighted by Gasteiger charge is -2.26. The Balaban J connectivity index is 2.08. The van der Waals surface area contributed by atoms with E-state index in [-0.39, 0.29) is 5.91 Å². The highest BCUT2D eigenvalue weighted by Gasteiger charge is 2.25. The lowest BCUT2D eigenvalue weighted by Crippen LogP contribution is -2.29. The fourth-order valence-corrected chi connectivity index (χ4v) is 3.39. The molecule has 3 rings (SSSR count). The molecule has 1 aliphatic heterocycles. The number of amides is 1. The Kier molecular flexibility index (Phi) is 3.15. The van der Waals surface area contributed by atoms with Crippen LogP contribution in [-0.4, -0.2) is 19.0 Å². The summed E-state index contributed by atoms with van der Waals surface area (Å²) >= 11 is 0. The minimum atomic E-state index is -0.312. The Hall–Kier alpha value is -1.61. The molecule has 0 saturated carbocycles. The van der Waals surface area contributed by atoms with Crippen LogP contribution in [0.2, 0.25) is 0 Å². The van der Waals surface area contributed by atoms with E-state index in [2.05, 4.69) is 24.4 Å². The molecule has 1 atom stereocenters. The smallest absolute Gasteiger partial charge is 0.249 e. The first-order valence-electron chi connectivity index (χ1n) is 7.02. The van der Waals surface area contributed by atoms with Crippen molar-refractivity contribution in [2.75, 3.05) is 13.1 Å². The van der Waals surface area contributed by atoms with Crippen LogP contribution in [0.1, 0.15) is 52.7 Å². The number of nitrogens with two attached hydrogens (primary N) is 1. The fraction of sp³-hybridized carbons (Fsp3) is 0.438. The SMILES string of the molecule is CC1=CCc2c(C(N)=O)ccc(C3CCCNC3)c21. The Morgan fingerprint density at radius 3 is 2.95 bits per heavy atom. The second kappa shape index (κ2) is 4.82. The Morgan fingerprint density at radius 1 is 1.42 bits per heavy atom. The van der Waals surface area contributed by atoms with Crippen LogP contribution in [0.25, 0.3) is 5.57 Å². The third kappa shape index (κ3) is 2.08. The molecule has 3 heteroatoms. The van der Waals surface area contributed by atoms with Crippen molar-refractivity contribution in [1.29, 1.82) is 0 Å². The van der Waals surface area contributed by atoms with Gasteiger partial charge in [0.05, 0.1) is 0 Å². The fourth-order valence-electron chi connectivity index (χ4n) is 3.39.